The molecule has 0 bridgehead atoms. The van der Waals surface area contributed by atoms with Crippen LogP contribution in [0.25, 0.3) is 0 Å². The van der Waals surface area contributed by atoms with Gasteiger partial charge in [0.2, 0.25) is 5.91 Å². The fourth-order valence-corrected chi connectivity index (χ4v) is 3.34. The molecule has 3 amide bonds. The van der Waals surface area contributed by atoms with Gasteiger partial charge in [0.15, 0.2) is 0 Å². The Morgan fingerprint density at radius 2 is 1.45 bits per heavy atom. The van der Waals surface area contributed by atoms with E-state index in [2.05, 4.69) is 10.2 Å². The van der Waals surface area contributed by atoms with Gasteiger partial charge in [-0.25, -0.2) is 0 Å². The Hall–Kier alpha value is -2.41. The number of piperazine rings is 1. The monoisotopic (exact) mass is 402 g/mol. The van der Waals surface area contributed by atoms with Crippen LogP contribution in [-0.4, -0.2) is 83.8 Å². The van der Waals surface area contributed by atoms with Gasteiger partial charge in [-0.2, -0.15) is 0 Å². The second-order valence-corrected chi connectivity index (χ2v) is 8.42. The van der Waals surface area contributed by atoms with Gasteiger partial charge >= 0.3 is 0 Å². The Morgan fingerprint density at radius 1 is 0.931 bits per heavy atom. The highest BCUT2D eigenvalue weighted by Crippen LogP contribution is 2.12. The average molecular weight is 403 g/mol. The summed E-state index contributed by atoms with van der Waals surface area (Å²) in [5.41, 5.74) is 0.805. The first-order chi connectivity index (χ1) is 13.6. The van der Waals surface area contributed by atoms with Crippen molar-refractivity contribution in [2.75, 3.05) is 45.8 Å². The summed E-state index contributed by atoms with van der Waals surface area (Å²) in [5.74, 6) is -0.0515. The third kappa shape index (κ3) is 6.56. The molecule has 0 saturated carbocycles. The number of carbonyl (C=O) groups is 3. The predicted molar refractivity (Wildman–Crippen MR) is 114 cm³/mol. The summed E-state index contributed by atoms with van der Waals surface area (Å²) in [6.45, 7) is 14.2. The molecule has 1 aromatic rings. The smallest absolute Gasteiger partial charge is 0.253 e. The van der Waals surface area contributed by atoms with Crippen LogP contribution >= 0.6 is 0 Å². The minimum absolute atomic E-state index is 0.0394. The number of nitrogens with one attached hydrogen (secondary N) is 1. The van der Waals surface area contributed by atoms with Gasteiger partial charge in [-0.3, -0.25) is 19.3 Å². The van der Waals surface area contributed by atoms with Crippen LogP contribution in [0, 0.1) is 0 Å². The lowest BCUT2D eigenvalue weighted by molar-refractivity contribution is -0.132. The van der Waals surface area contributed by atoms with Gasteiger partial charge in [-0.05, 0) is 58.9 Å². The molecule has 1 N–H and O–H groups in total. The Balaban J connectivity index is 1.89. The zero-order valence-electron chi connectivity index (χ0n) is 18.3. The molecule has 7 nitrogen and oxygen atoms in total. The molecule has 0 spiro atoms. The Bertz CT molecular complexity index is 713. The van der Waals surface area contributed by atoms with Crippen molar-refractivity contribution >= 4 is 17.7 Å². The Morgan fingerprint density at radius 3 is 1.93 bits per heavy atom. The van der Waals surface area contributed by atoms with E-state index < -0.39 is 0 Å². The van der Waals surface area contributed by atoms with Crippen molar-refractivity contribution in [2.45, 2.75) is 40.2 Å². The number of hydrogen-bond donors (Lipinski definition) is 1. The van der Waals surface area contributed by atoms with E-state index in [0.29, 0.717) is 43.9 Å². The molecule has 1 aromatic carbocycles. The molecular weight excluding hydrogens is 368 g/mol. The zero-order valence-corrected chi connectivity index (χ0v) is 18.3. The van der Waals surface area contributed by atoms with Gasteiger partial charge < -0.3 is 15.1 Å². The number of benzene rings is 1. The zero-order chi connectivity index (χ0) is 21.6. The maximum Gasteiger partial charge on any atom is 0.253 e. The molecule has 0 atom stereocenters. The van der Waals surface area contributed by atoms with Crippen LogP contribution in [0.15, 0.2) is 24.3 Å². The van der Waals surface area contributed by atoms with E-state index in [1.807, 2.05) is 44.4 Å². The van der Waals surface area contributed by atoms with Gasteiger partial charge in [-0.1, -0.05) is 0 Å². The molecule has 0 radical (unpaired) electrons. The largest absolute Gasteiger partial charge is 0.347 e. The van der Waals surface area contributed by atoms with Crippen LogP contribution in [0.3, 0.4) is 0 Å². The van der Waals surface area contributed by atoms with E-state index in [0.717, 1.165) is 13.1 Å². The summed E-state index contributed by atoms with van der Waals surface area (Å²) in [6, 6.07) is 6.78. The lowest BCUT2D eigenvalue weighted by Crippen LogP contribution is -2.51. The third-order valence-corrected chi connectivity index (χ3v) is 5.02. The summed E-state index contributed by atoms with van der Waals surface area (Å²) in [6.07, 6.45) is 0. The van der Waals surface area contributed by atoms with Crippen LogP contribution in [-0.2, 0) is 4.79 Å². The van der Waals surface area contributed by atoms with E-state index in [1.165, 1.54) is 0 Å². The van der Waals surface area contributed by atoms with Crippen LogP contribution in [0.4, 0.5) is 0 Å². The highest BCUT2D eigenvalue weighted by molar-refractivity contribution is 5.98. The highest BCUT2D eigenvalue weighted by atomic mass is 16.2. The summed E-state index contributed by atoms with van der Waals surface area (Å²) >= 11 is 0. The predicted octanol–water partition coefficient (Wildman–Crippen LogP) is 1.84. The molecule has 0 aliphatic carbocycles. The molecule has 1 aliphatic heterocycles. The quantitative estimate of drug-likeness (QED) is 0.788. The van der Waals surface area contributed by atoms with Crippen molar-refractivity contribution < 1.29 is 14.4 Å². The van der Waals surface area contributed by atoms with Crippen molar-refractivity contribution in [2.24, 2.45) is 0 Å². The summed E-state index contributed by atoms with van der Waals surface area (Å²) in [5, 5.41) is 2.91. The number of rotatable bonds is 6. The standard InChI is InChI=1S/C22H34N4O3/c1-6-25(7-2)19(27)16-24-12-14-26(15-13-24)21(29)18-10-8-17(9-11-18)20(28)23-22(3,4)5/h8-11H,6-7,12-16H2,1-5H3,(H,23,28). The van der Waals surface area contributed by atoms with Crippen molar-refractivity contribution in [1.82, 2.24) is 20.0 Å². The molecule has 29 heavy (non-hydrogen) atoms. The molecular formula is C22H34N4O3. The number of hydrogen-bond acceptors (Lipinski definition) is 4. The lowest BCUT2D eigenvalue weighted by Gasteiger charge is -2.35. The summed E-state index contributed by atoms with van der Waals surface area (Å²) in [7, 11) is 0. The molecule has 7 heteroatoms. The highest BCUT2D eigenvalue weighted by Gasteiger charge is 2.24. The van der Waals surface area contributed by atoms with Gasteiger partial charge in [0.25, 0.3) is 11.8 Å². The minimum Gasteiger partial charge on any atom is -0.347 e. The van der Waals surface area contributed by atoms with Gasteiger partial charge in [0.1, 0.15) is 0 Å². The average Bonchev–Trinajstić information content (AvgIpc) is 2.68. The number of likely N-dealkylation sites (N-methyl/N-ethyl adjacent to an activating group) is 1. The molecule has 1 aliphatic rings. The van der Waals surface area contributed by atoms with Crippen LogP contribution in [0.1, 0.15) is 55.3 Å². The second-order valence-electron chi connectivity index (χ2n) is 8.42. The normalized spacial score (nSPS) is 15.1. The van der Waals surface area contributed by atoms with Gasteiger partial charge in [0, 0.05) is 55.9 Å². The first-order valence-corrected chi connectivity index (χ1v) is 10.4. The topological polar surface area (TPSA) is 73.0 Å². The Labute approximate surface area is 174 Å². The van der Waals surface area contributed by atoms with Crippen LogP contribution < -0.4 is 5.32 Å². The SMILES string of the molecule is CCN(CC)C(=O)CN1CCN(C(=O)c2ccc(C(=O)NC(C)(C)C)cc2)CC1. The van der Waals surface area contributed by atoms with E-state index in [1.54, 1.807) is 24.3 Å². The first kappa shape index (κ1) is 22.9. The van der Waals surface area contributed by atoms with Crippen molar-refractivity contribution in [1.29, 1.82) is 0 Å². The molecule has 1 saturated heterocycles. The number of amides is 3. The molecule has 160 valence electrons. The maximum atomic E-state index is 12.8. The number of carbonyl (C=O) groups excluding carboxylic acids is 3. The van der Waals surface area contributed by atoms with E-state index >= 15 is 0 Å². The molecule has 1 heterocycles. The summed E-state index contributed by atoms with van der Waals surface area (Å²) < 4.78 is 0. The molecule has 1 fully saturated rings. The van der Waals surface area contributed by atoms with Crippen molar-refractivity contribution in [3.63, 3.8) is 0 Å². The molecule has 2 rings (SSSR count). The second kappa shape index (κ2) is 9.87. The van der Waals surface area contributed by atoms with Crippen LogP contribution in [0.5, 0.6) is 0 Å². The fourth-order valence-electron chi connectivity index (χ4n) is 3.34. The fraction of sp³-hybridized carbons (Fsp3) is 0.591. The molecule has 0 aromatic heterocycles. The third-order valence-electron chi connectivity index (χ3n) is 5.02. The maximum absolute atomic E-state index is 12.8. The molecule has 0 unspecified atom stereocenters. The van der Waals surface area contributed by atoms with E-state index in [9.17, 15) is 14.4 Å². The van der Waals surface area contributed by atoms with Gasteiger partial charge in [-0.15, -0.1) is 0 Å². The Kier molecular flexibility index (Phi) is 7.79. The van der Waals surface area contributed by atoms with Crippen molar-refractivity contribution in [3.05, 3.63) is 35.4 Å². The number of nitrogens with zero attached hydrogens (tertiary/aromatic N) is 3. The van der Waals surface area contributed by atoms with Crippen molar-refractivity contribution in [3.8, 4) is 0 Å². The van der Waals surface area contributed by atoms with Crippen LogP contribution in [0.2, 0.25) is 0 Å². The minimum atomic E-state index is -0.308. The van der Waals surface area contributed by atoms with E-state index in [4.69, 9.17) is 0 Å². The first-order valence-electron chi connectivity index (χ1n) is 10.4. The summed E-state index contributed by atoms with van der Waals surface area (Å²) in [4.78, 5) is 43.0. The van der Waals surface area contributed by atoms with E-state index in [-0.39, 0.29) is 23.3 Å². The van der Waals surface area contributed by atoms with Gasteiger partial charge in [0.05, 0.1) is 6.54 Å². The lowest BCUT2D eigenvalue weighted by atomic mass is 10.1.